The van der Waals surface area contributed by atoms with Crippen LogP contribution in [0.15, 0.2) is 66.7 Å². The Kier molecular flexibility index (Phi) is 6.82. The summed E-state index contributed by atoms with van der Waals surface area (Å²) in [5.41, 5.74) is 1.01. The summed E-state index contributed by atoms with van der Waals surface area (Å²) in [5, 5.41) is 8.40. The molecule has 0 radical (unpaired) electrons. The molecule has 4 rings (SSSR count). The molecule has 2 aromatic carbocycles. The number of carbonyl (C=O) groups is 1. The van der Waals surface area contributed by atoms with E-state index >= 15 is 0 Å². The number of hydrogen-bond donors (Lipinski definition) is 1. The van der Waals surface area contributed by atoms with Crippen LogP contribution in [-0.4, -0.2) is 41.2 Å². The lowest BCUT2D eigenvalue weighted by Crippen LogP contribution is -2.33. The number of sulfonamides is 1. The summed E-state index contributed by atoms with van der Waals surface area (Å²) in [6.07, 6.45) is 0. The maximum atomic E-state index is 13.1. The van der Waals surface area contributed by atoms with E-state index in [4.69, 9.17) is 27.9 Å². The van der Waals surface area contributed by atoms with Gasteiger partial charge in [0.2, 0.25) is 21.7 Å². The molecule has 9 nitrogen and oxygen atoms in total. The van der Waals surface area contributed by atoms with Crippen LogP contribution in [0.25, 0.3) is 17.2 Å². The molecule has 12 heteroatoms. The van der Waals surface area contributed by atoms with Gasteiger partial charge in [0.05, 0.1) is 28.6 Å². The lowest BCUT2D eigenvalue weighted by molar-refractivity contribution is 0.0969. The van der Waals surface area contributed by atoms with Gasteiger partial charge in [0.1, 0.15) is 5.69 Å². The zero-order chi connectivity index (χ0) is 24.3. The summed E-state index contributed by atoms with van der Waals surface area (Å²) in [7, 11) is -2.59. The van der Waals surface area contributed by atoms with Gasteiger partial charge in [-0.2, -0.15) is 0 Å². The molecule has 174 valence electrons. The van der Waals surface area contributed by atoms with Crippen molar-refractivity contribution >= 4 is 39.1 Å². The predicted molar refractivity (Wildman–Crippen MR) is 128 cm³/mol. The third kappa shape index (κ3) is 5.04. The lowest BCUT2D eigenvalue weighted by Gasteiger charge is -2.14. The fraction of sp³-hybridized carbons (Fsp3) is 0.0909. The summed E-state index contributed by atoms with van der Waals surface area (Å²) in [5.74, 6) is -1.33. The number of nitrogens with one attached hydrogen (secondary N) is 1. The van der Waals surface area contributed by atoms with E-state index in [9.17, 15) is 13.2 Å². The minimum atomic E-state index is -4.05. The molecule has 0 spiro atoms. The van der Waals surface area contributed by atoms with Crippen molar-refractivity contribution in [2.24, 2.45) is 0 Å². The highest BCUT2D eigenvalue weighted by atomic mass is 35.5. The first kappa shape index (κ1) is 23.7. The fourth-order valence-corrected chi connectivity index (χ4v) is 4.82. The van der Waals surface area contributed by atoms with Crippen LogP contribution in [0.4, 0.5) is 0 Å². The second-order valence-corrected chi connectivity index (χ2v) is 9.53. The van der Waals surface area contributed by atoms with E-state index in [1.165, 1.54) is 11.7 Å². The van der Waals surface area contributed by atoms with Crippen molar-refractivity contribution in [3.63, 3.8) is 0 Å². The van der Waals surface area contributed by atoms with Crippen molar-refractivity contribution in [2.45, 2.75) is 5.75 Å². The Morgan fingerprint density at radius 1 is 0.971 bits per heavy atom. The van der Waals surface area contributed by atoms with Gasteiger partial charge in [-0.05, 0) is 23.8 Å². The molecule has 0 bridgehead atoms. The van der Waals surface area contributed by atoms with Gasteiger partial charge in [0.15, 0.2) is 5.82 Å². The van der Waals surface area contributed by atoms with E-state index in [-0.39, 0.29) is 27.4 Å². The number of pyridine rings is 1. The monoisotopic (exact) mass is 517 g/mol. The molecule has 0 unspecified atom stereocenters. The molecular formula is C22H17Cl2N5O4S. The molecule has 0 saturated carbocycles. The number of aromatic nitrogens is 4. The summed E-state index contributed by atoms with van der Waals surface area (Å²) in [6.45, 7) is 0. The average Bonchev–Trinajstić information content (AvgIpc) is 3.24. The molecular weight excluding hydrogens is 501 g/mol. The van der Waals surface area contributed by atoms with Crippen molar-refractivity contribution in [3.8, 4) is 23.1 Å². The van der Waals surface area contributed by atoms with Crippen molar-refractivity contribution in [1.29, 1.82) is 0 Å². The molecule has 1 N–H and O–H groups in total. The Morgan fingerprint density at radius 3 is 2.32 bits per heavy atom. The smallest absolute Gasteiger partial charge is 0.303 e. The highest BCUT2D eigenvalue weighted by molar-refractivity contribution is 7.89. The predicted octanol–water partition coefficient (Wildman–Crippen LogP) is 3.90. The van der Waals surface area contributed by atoms with Gasteiger partial charge < -0.3 is 4.74 Å². The molecule has 2 heterocycles. The minimum Gasteiger partial charge on any atom is -0.481 e. The molecule has 1 amide bonds. The molecule has 0 fully saturated rings. The standard InChI is InChI=1S/C22H17Cl2N5O4S/c1-33-18-12-6-11-17(25-18)20-26-27-21(29(20)19-15(23)9-5-10-16(19)24)22(30)28-34(31,32)13-14-7-3-2-4-8-14/h2-12H,13H2,1H3,(H,28,30). The number of benzene rings is 2. The summed E-state index contributed by atoms with van der Waals surface area (Å²) >= 11 is 12.8. The number of amides is 1. The summed E-state index contributed by atoms with van der Waals surface area (Å²) in [4.78, 5) is 17.4. The van der Waals surface area contributed by atoms with E-state index in [1.807, 2.05) is 4.72 Å². The maximum absolute atomic E-state index is 13.1. The van der Waals surface area contributed by atoms with Gasteiger partial charge >= 0.3 is 5.91 Å². The Morgan fingerprint density at radius 2 is 1.65 bits per heavy atom. The number of nitrogens with zero attached hydrogens (tertiary/aromatic N) is 4. The molecule has 0 aliphatic rings. The maximum Gasteiger partial charge on any atom is 0.303 e. The van der Waals surface area contributed by atoms with Gasteiger partial charge in [0.25, 0.3) is 0 Å². The molecule has 4 aromatic rings. The number of hydrogen-bond acceptors (Lipinski definition) is 7. The first-order valence-electron chi connectivity index (χ1n) is 9.79. The van der Waals surface area contributed by atoms with Gasteiger partial charge in [-0.25, -0.2) is 18.1 Å². The van der Waals surface area contributed by atoms with E-state index < -0.39 is 21.7 Å². The highest BCUT2D eigenvalue weighted by Crippen LogP contribution is 2.33. The number of halogens is 2. The molecule has 34 heavy (non-hydrogen) atoms. The molecule has 0 atom stereocenters. The second kappa shape index (κ2) is 9.80. The Balaban J connectivity index is 1.80. The minimum absolute atomic E-state index is 0.111. The Bertz CT molecular complexity index is 1440. The first-order valence-corrected chi connectivity index (χ1v) is 12.2. The van der Waals surface area contributed by atoms with Crippen LogP contribution in [0.2, 0.25) is 10.0 Å². The Hall–Kier alpha value is -3.47. The largest absolute Gasteiger partial charge is 0.481 e. The quantitative estimate of drug-likeness (QED) is 0.395. The normalized spacial score (nSPS) is 11.3. The van der Waals surface area contributed by atoms with E-state index in [0.717, 1.165) is 0 Å². The van der Waals surface area contributed by atoms with Crippen LogP contribution in [-0.2, 0) is 15.8 Å². The van der Waals surface area contributed by atoms with Crippen molar-refractivity contribution in [2.75, 3.05) is 7.11 Å². The SMILES string of the molecule is COc1cccc(-c2nnc(C(=O)NS(=O)(=O)Cc3ccccc3)n2-c2c(Cl)cccc2Cl)n1. The fourth-order valence-electron chi connectivity index (χ4n) is 3.18. The van der Waals surface area contributed by atoms with Crippen LogP contribution in [0.1, 0.15) is 16.2 Å². The third-order valence-corrected chi connectivity index (χ3v) is 6.46. The zero-order valence-corrected chi connectivity index (χ0v) is 20.0. The van der Waals surface area contributed by atoms with Crippen LogP contribution in [0, 0.1) is 0 Å². The van der Waals surface area contributed by atoms with Crippen LogP contribution < -0.4 is 9.46 Å². The van der Waals surface area contributed by atoms with Gasteiger partial charge in [-0.1, -0.05) is 65.7 Å². The van der Waals surface area contributed by atoms with Crippen LogP contribution in [0.3, 0.4) is 0 Å². The molecule has 0 saturated heterocycles. The number of ether oxygens (including phenoxy) is 1. The average molecular weight is 518 g/mol. The summed E-state index contributed by atoms with van der Waals surface area (Å²) < 4.78 is 33.8. The van der Waals surface area contributed by atoms with Crippen LogP contribution in [0.5, 0.6) is 5.88 Å². The Labute approximate surface area is 205 Å². The van der Waals surface area contributed by atoms with Crippen molar-refractivity contribution in [3.05, 3.63) is 88.2 Å². The van der Waals surface area contributed by atoms with Crippen molar-refractivity contribution in [1.82, 2.24) is 24.5 Å². The molecule has 2 aromatic heterocycles. The van der Waals surface area contributed by atoms with Gasteiger partial charge in [-0.15, -0.1) is 10.2 Å². The second-order valence-electron chi connectivity index (χ2n) is 6.99. The molecule has 0 aliphatic heterocycles. The first-order chi connectivity index (χ1) is 16.3. The zero-order valence-electron chi connectivity index (χ0n) is 17.6. The van der Waals surface area contributed by atoms with E-state index in [2.05, 4.69) is 15.2 Å². The van der Waals surface area contributed by atoms with E-state index in [1.54, 1.807) is 66.7 Å². The number of carbonyl (C=O) groups excluding carboxylic acids is 1. The number of methoxy groups -OCH3 is 1. The lowest BCUT2D eigenvalue weighted by atomic mass is 10.2. The van der Waals surface area contributed by atoms with Gasteiger partial charge in [0, 0.05) is 6.07 Å². The highest BCUT2D eigenvalue weighted by Gasteiger charge is 2.27. The topological polar surface area (TPSA) is 116 Å². The third-order valence-electron chi connectivity index (χ3n) is 4.64. The molecule has 0 aliphatic carbocycles. The van der Waals surface area contributed by atoms with Crippen LogP contribution >= 0.6 is 23.2 Å². The summed E-state index contributed by atoms with van der Waals surface area (Å²) in [6, 6.07) is 18.2. The van der Waals surface area contributed by atoms with Crippen molar-refractivity contribution < 1.29 is 17.9 Å². The number of rotatable bonds is 7. The number of para-hydroxylation sites is 1. The van der Waals surface area contributed by atoms with Gasteiger partial charge in [-0.3, -0.25) is 9.36 Å². The van der Waals surface area contributed by atoms with E-state index in [0.29, 0.717) is 17.1 Å².